The van der Waals surface area contributed by atoms with Gasteiger partial charge in [0.1, 0.15) is 5.82 Å². The summed E-state index contributed by atoms with van der Waals surface area (Å²) in [6, 6.07) is 0. The molecule has 0 aromatic carbocycles. The van der Waals surface area contributed by atoms with Gasteiger partial charge < -0.3 is 21.1 Å². The lowest BCUT2D eigenvalue weighted by atomic mass is 10.2. The molecule has 1 rings (SSSR count). The second-order valence-electron chi connectivity index (χ2n) is 3.95. The monoisotopic (exact) mass is 227 g/mol. The van der Waals surface area contributed by atoms with Crippen molar-refractivity contribution in [3.63, 3.8) is 0 Å². The number of aliphatic imine (C=N–C) groups is 1. The number of carboxylic acids is 1. The Morgan fingerprint density at radius 2 is 2.06 bits per heavy atom. The summed E-state index contributed by atoms with van der Waals surface area (Å²) in [5, 5.41) is 12.1. The molecule has 0 saturated heterocycles. The van der Waals surface area contributed by atoms with E-state index in [0.717, 1.165) is 0 Å². The Hall–Kier alpha value is -1.76. The van der Waals surface area contributed by atoms with Crippen molar-refractivity contribution in [1.82, 2.24) is 15.1 Å². The fourth-order valence-electron chi connectivity index (χ4n) is 1.39. The van der Waals surface area contributed by atoms with Crippen LogP contribution in [0.4, 0.5) is 0 Å². The van der Waals surface area contributed by atoms with E-state index in [1.165, 1.54) is 11.1 Å². The van der Waals surface area contributed by atoms with E-state index in [4.69, 9.17) is 5.73 Å². The van der Waals surface area contributed by atoms with Crippen LogP contribution in [0.2, 0.25) is 0 Å². The van der Waals surface area contributed by atoms with Gasteiger partial charge in [0.25, 0.3) is 5.79 Å². The quantitative estimate of drug-likeness (QED) is 0.552. The first-order chi connectivity index (χ1) is 7.31. The zero-order valence-electron chi connectivity index (χ0n) is 9.85. The predicted octanol–water partition coefficient (Wildman–Crippen LogP) is -1.35. The lowest BCUT2D eigenvalue weighted by Crippen LogP contribution is -2.63. The lowest BCUT2D eigenvalue weighted by molar-refractivity contribution is -0.151. The molecule has 0 fully saturated rings. The summed E-state index contributed by atoms with van der Waals surface area (Å²) in [4.78, 5) is 18.4. The highest BCUT2D eigenvalue weighted by molar-refractivity contribution is 5.87. The first-order valence-electron chi connectivity index (χ1n) is 4.72. The predicted molar refractivity (Wildman–Crippen MR) is 60.6 cm³/mol. The van der Waals surface area contributed by atoms with Crippen LogP contribution in [0.1, 0.15) is 0 Å². The Bertz CT molecular complexity index is 361. The minimum Gasteiger partial charge on any atom is -0.477 e. The molecule has 4 N–H and O–H groups in total. The number of nitrogens with two attached hydrogens (primary N) is 1. The molecule has 1 heterocycles. The second-order valence-corrected chi connectivity index (χ2v) is 3.95. The average molecular weight is 227 g/mol. The van der Waals surface area contributed by atoms with Gasteiger partial charge in [-0.2, -0.15) is 0 Å². The molecule has 0 bridgehead atoms. The number of nitrogens with zero attached hydrogens (tertiary/aromatic N) is 3. The third-order valence-corrected chi connectivity index (χ3v) is 2.35. The minimum atomic E-state index is -1.50. The molecule has 0 aromatic rings. The molecule has 0 saturated carbocycles. The van der Waals surface area contributed by atoms with E-state index < -0.39 is 11.8 Å². The van der Waals surface area contributed by atoms with Crippen LogP contribution in [0, 0.1) is 0 Å². The highest BCUT2D eigenvalue weighted by atomic mass is 16.4. The number of carbonyl (C=O) groups is 1. The topological polar surface area (TPSA) is 94.2 Å². The van der Waals surface area contributed by atoms with E-state index in [-0.39, 0.29) is 0 Å². The molecule has 7 nitrogen and oxygen atoms in total. The van der Waals surface area contributed by atoms with Crippen LogP contribution >= 0.6 is 0 Å². The summed E-state index contributed by atoms with van der Waals surface area (Å²) in [6.45, 7) is 0. The molecule has 16 heavy (non-hydrogen) atoms. The maximum absolute atomic E-state index is 11.3. The van der Waals surface area contributed by atoms with Crippen molar-refractivity contribution in [1.29, 1.82) is 0 Å². The number of likely N-dealkylation sites (N-methyl/N-ethyl adjacent to an activating group) is 1. The Morgan fingerprint density at radius 1 is 1.50 bits per heavy atom. The Balaban J connectivity index is 3.15. The van der Waals surface area contributed by atoms with E-state index in [9.17, 15) is 9.90 Å². The molecular formula is C9H17N5O2. The maximum atomic E-state index is 11.3. The van der Waals surface area contributed by atoms with Gasteiger partial charge in [-0.15, -0.1) is 0 Å². The summed E-state index contributed by atoms with van der Waals surface area (Å²) < 4.78 is 0. The van der Waals surface area contributed by atoms with Gasteiger partial charge in [0, 0.05) is 14.1 Å². The summed E-state index contributed by atoms with van der Waals surface area (Å²) in [6.07, 6.45) is 1.36. The third-order valence-electron chi connectivity index (χ3n) is 2.35. The molecule has 0 aliphatic carbocycles. The molecule has 1 aliphatic rings. The summed E-state index contributed by atoms with van der Waals surface area (Å²) >= 11 is 0. The van der Waals surface area contributed by atoms with Gasteiger partial charge in [-0.25, -0.2) is 9.79 Å². The first kappa shape index (κ1) is 12.3. The van der Waals surface area contributed by atoms with Crippen molar-refractivity contribution in [2.45, 2.75) is 5.79 Å². The van der Waals surface area contributed by atoms with Gasteiger partial charge in [0.05, 0.1) is 11.9 Å². The molecular weight excluding hydrogens is 210 g/mol. The van der Waals surface area contributed by atoms with E-state index in [1.54, 1.807) is 33.1 Å². The minimum absolute atomic E-state index is 0.406. The van der Waals surface area contributed by atoms with Crippen LogP contribution in [0.25, 0.3) is 0 Å². The van der Waals surface area contributed by atoms with Crippen molar-refractivity contribution >= 4 is 12.2 Å². The van der Waals surface area contributed by atoms with Crippen LogP contribution in [0.5, 0.6) is 0 Å². The zero-order chi connectivity index (χ0) is 12.5. The SMILES string of the molecule is CN(C)C1=C(N)C=NC(C(=O)O)(N(C)C)N1. The largest absolute Gasteiger partial charge is 0.477 e. The standard InChI is InChI=1S/C9H17N5O2/c1-13(2)7-6(10)5-11-9(12-7,8(15)16)14(3)4/h5,12H,10H2,1-4H3,(H,15,16). The summed E-state index contributed by atoms with van der Waals surface area (Å²) in [5.74, 6) is -2.05. The smallest absolute Gasteiger partial charge is 0.369 e. The first-order valence-corrected chi connectivity index (χ1v) is 4.72. The van der Waals surface area contributed by atoms with E-state index in [1.807, 2.05) is 0 Å². The van der Waals surface area contributed by atoms with Crippen LogP contribution in [0.3, 0.4) is 0 Å². The number of aliphatic carboxylic acids is 1. The van der Waals surface area contributed by atoms with Gasteiger partial charge in [-0.05, 0) is 14.1 Å². The van der Waals surface area contributed by atoms with Crippen LogP contribution < -0.4 is 11.1 Å². The van der Waals surface area contributed by atoms with Crippen LogP contribution in [0.15, 0.2) is 16.5 Å². The van der Waals surface area contributed by atoms with Gasteiger partial charge in [-0.3, -0.25) is 4.90 Å². The van der Waals surface area contributed by atoms with Crippen molar-refractivity contribution < 1.29 is 9.90 Å². The molecule has 1 atom stereocenters. The highest BCUT2D eigenvalue weighted by Gasteiger charge is 2.43. The van der Waals surface area contributed by atoms with E-state index in [0.29, 0.717) is 11.5 Å². The second kappa shape index (κ2) is 4.01. The molecule has 0 radical (unpaired) electrons. The van der Waals surface area contributed by atoms with E-state index >= 15 is 0 Å². The van der Waals surface area contributed by atoms with Crippen molar-refractivity contribution in [2.24, 2.45) is 10.7 Å². The normalized spacial score (nSPS) is 24.6. The fourth-order valence-corrected chi connectivity index (χ4v) is 1.39. The molecule has 1 aliphatic heterocycles. The Kier molecular flexibility index (Phi) is 3.09. The zero-order valence-corrected chi connectivity index (χ0v) is 9.85. The fraction of sp³-hybridized carbons (Fsp3) is 0.556. The maximum Gasteiger partial charge on any atom is 0.369 e. The number of carboxylic acid groups (broad SMARTS) is 1. The van der Waals surface area contributed by atoms with Gasteiger partial charge >= 0.3 is 5.97 Å². The number of nitrogens with one attached hydrogen (secondary N) is 1. The van der Waals surface area contributed by atoms with Crippen molar-refractivity contribution in [3.05, 3.63) is 11.5 Å². The number of allylic oxidation sites excluding steroid dienone is 1. The van der Waals surface area contributed by atoms with Gasteiger partial charge in [-0.1, -0.05) is 0 Å². The number of hydrogen-bond donors (Lipinski definition) is 3. The highest BCUT2D eigenvalue weighted by Crippen LogP contribution is 2.18. The average Bonchev–Trinajstić information content (AvgIpc) is 2.17. The van der Waals surface area contributed by atoms with Crippen LogP contribution in [-0.4, -0.2) is 61.1 Å². The lowest BCUT2D eigenvalue weighted by Gasteiger charge is -2.38. The summed E-state index contributed by atoms with van der Waals surface area (Å²) in [5.41, 5.74) is 6.12. The molecule has 0 spiro atoms. The molecule has 90 valence electrons. The molecule has 0 aromatic heterocycles. The molecule has 1 unspecified atom stereocenters. The van der Waals surface area contributed by atoms with E-state index in [2.05, 4.69) is 10.3 Å². The summed E-state index contributed by atoms with van der Waals surface area (Å²) in [7, 11) is 6.81. The molecule has 7 heteroatoms. The Morgan fingerprint density at radius 3 is 2.44 bits per heavy atom. The van der Waals surface area contributed by atoms with Crippen LogP contribution in [-0.2, 0) is 4.79 Å². The third kappa shape index (κ3) is 1.81. The number of rotatable bonds is 3. The van der Waals surface area contributed by atoms with Crippen molar-refractivity contribution in [3.8, 4) is 0 Å². The van der Waals surface area contributed by atoms with Gasteiger partial charge in [0.15, 0.2) is 0 Å². The van der Waals surface area contributed by atoms with Crippen molar-refractivity contribution in [2.75, 3.05) is 28.2 Å². The molecule has 0 amide bonds. The Labute approximate surface area is 94.2 Å². The van der Waals surface area contributed by atoms with Gasteiger partial charge in [0.2, 0.25) is 0 Å². The number of hydrogen-bond acceptors (Lipinski definition) is 6.